The molecule has 0 aliphatic heterocycles. The van der Waals surface area contributed by atoms with Crippen LogP contribution in [-0.2, 0) is 12.0 Å². The van der Waals surface area contributed by atoms with Crippen LogP contribution in [0.1, 0.15) is 32.0 Å². The van der Waals surface area contributed by atoms with Gasteiger partial charge in [-0.15, -0.1) is 0 Å². The minimum atomic E-state index is 0.155. The predicted octanol–water partition coefficient (Wildman–Crippen LogP) is 2.62. The highest BCUT2D eigenvalue weighted by Gasteiger charge is 2.15. The Morgan fingerprint density at radius 2 is 2.06 bits per heavy atom. The van der Waals surface area contributed by atoms with Crippen LogP contribution in [-0.4, -0.2) is 14.8 Å². The average molecular weight is 215 g/mol. The second-order valence-corrected chi connectivity index (χ2v) is 5.00. The average Bonchev–Trinajstić information content (AvgIpc) is 2.67. The fraction of sp³-hybridized carbons (Fsp3) is 0.385. The van der Waals surface area contributed by atoms with Gasteiger partial charge in [0.05, 0.1) is 18.4 Å². The first kappa shape index (κ1) is 10.9. The van der Waals surface area contributed by atoms with Crippen molar-refractivity contribution in [2.75, 3.05) is 0 Å². The summed E-state index contributed by atoms with van der Waals surface area (Å²) in [6.07, 6.45) is 5.83. The Labute approximate surface area is 96.1 Å². The van der Waals surface area contributed by atoms with E-state index in [-0.39, 0.29) is 5.41 Å². The van der Waals surface area contributed by atoms with Gasteiger partial charge < -0.3 is 0 Å². The molecule has 0 saturated carbocycles. The van der Waals surface area contributed by atoms with Gasteiger partial charge in [0, 0.05) is 12.4 Å². The van der Waals surface area contributed by atoms with Crippen molar-refractivity contribution >= 4 is 0 Å². The first-order chi connectivity index (χ1) is 7.55. The van der Waals surface area contributed by atoms with Gasteiger partial charge in [0.15, 0.2) is 0 Å². The van der Waals surface area contributed by atoms with Crippen LogP contribution in [0, 0.1) is 0 Å². The summed E-state index contributed by atoms with van der Waals surface area (Å²) < 4.78 is 1.93. The molecule has 3 heteroatoms. The van der Waals surface area contributed by atoms with Crippen molar-refractivity contribution in [3.05, 3.63) is 48.0 Å². The number of hydrogen-bond donors (Lipinski definition) is 0. The predicted molar refractivity (Wildman–Crippen MR) is 64.3 cm³/mol. The zero-order chi connectivity index (χ0) is 11.6. The summed E-state index contributed by atoms with van der Waals surface area (Å²) in [5, 5.41) is 4.35. The maximum absolute atomic E-state index is 4.35. The molecule has 0 aromatic carbocycles. The summed E-state index contributed by atoms with van der Waals surface area (Å²) in [6.45, 7) is 7.30. The molecular weight excluding hydrogens is 198 g/mol. The maximum Gasteiger partial charge on any atom is 0.0831 e. The first-order valence-electron chi connectivity index (χ1n) is 5.48. The Morgan fingerprint density at radius 1 is 1.25 bits per heavy atom. The van der Waals surface area contributed by atoms with E-state index in [0.29, 0.717) is 0 Å². The fourth-order valence-electron chi connectivity index (χ4n) is 1.49. The SMILES string of the molecule is CC(C)(C)c1cnn(Cc2ccccn2)c1. The van der Waals surface area contributed by atoms with Gasteiger partial charge in [-0.3, -0.25) is 9.67 Å². The molecule has 0 spiro atoms. The van der Waals surface area contributed by atoms with Gasteiger partial charge in [0.2, 0.25) is 0 Å². The second kappa shape index (κ2) is 4.08. The normalized spacial score (nSPS) is 11.7. The number of aromatic nitrogens is 3. The smallest absolute Gasteiger partial charge is 0.0831 e. The summed E-state index contributed by atoms with van der Waals surface area (Å²) in [5.74, 6) is 0. The molecule has 0 unspecified atom stereocenters. The van der Waals surface area contributed by atoms with E-state index in [2.05, 4.69) is 37.1 Å². The van der Waals surface area contributed by atoms with Gasteiger partial charge in [0.25, 0.3) is 0 Å². The largest absolute Gasteiger partial charge is 0.266 e. The molecule has 0 N–H and O–H groups in total. The standard InChI is InChI=1S/C13H17N3/c1-13(2,3)11-8-15-16(9-11)10-12-6-4-5-7-14-12/h4-9H,10H2,1-3H3. The minimum absolute atomic E-state index is 0.155. The Bertz CT molecular complexity index is 452. The molecule has 0 atom stereocenters. The molecule has 0 bridgehead atoms. The summed E-state index contributed by atoms with van der Waals surface area (Å²) >= 11 is 0. The Hall–Kier alpha value is -1.64. The summed E-state index contributed by atoms with van der Waals surface area (Å²) in [4.78, 5) is 4.28. The van der Waals surface area contributed by atoms with Gasteiger partial charge in [-0.05, 0) is 23.1 Å². The van der Waals surface area contributed by atoms with E-state index in [9.17, 15) is 0 Å². The lowest BCUT2D eigenvalue weighted by Crippen LogP contribution is -2.09. The molecule has 16 heavy (non-hydrogen) atoms. The molecule has 2 rings (SSSR count). The van der Waals surface area contributed by atoms with Crippen LogP contribution in [0.4, 0.5) is 0 Å². The van der Waals surface area contributed by atoms with E-state index in [0.717, 1.165) is 12.2 Å². The lowest BCUT2D eigenvalue weighted by Gasteiger charge is -2.14. The van der Waals surface area contributed by atoms with Gasteiger partial charge in [-0.2, -0.15) is 5.10 Å². The van der Waals surface area contributed by atoms with Crippen molar-refractivity contribution in [3.63, 3.8) is 0 Å². The molecule has 0 fully saturated rings. The van der Waals surface area contributed by atoms with Gasteiger partial charge in [-0.25, -0.2) is 0 Å². The van der Waals surface area contributed by atoms with Crippen molar-refractivity contribution in [1.29, 1.82) is 0 Å². The highest BCUT2D eigenvalue weighted by molar-refractivity contribution is 5.16. The third-order valence-corrected chi connectivity index (χ3v) is 2.55. The number of rotatable bonds is 2. The van der Waals surface area contributed by atoms with Crippen molar-refractivity contribution < 1.29 is 0 Å². The molecular formula is C13H17N3. The molecule has 0 saturated heterocycles. The summed E-state index contributed by atoms with van der Waals surface area (Å²) in [6, 6.07) is 5.93. The zero-order valence-corrected chi connectivity index (χ0v) is 10.0. The van der Waals surface area contributed by atoms with E-state index >= 15 is 0 Å². The molecule has 0 aliphatic rings. The van der Waals surface area contributed by atoms with Crippen LogP contribution in [0.25, 0.3) is 0 Å². The van der Waals surface area contributed by atoms with E-state index in [1.54, 1.807) is 0 Å². The van der Waals surface area contributed by atoms with Crippen molar-refractivity contribution in [1.82, 2.24) is 14.8 Å². The molecule has 0 aliphatic carbocycles. The van der Waals surface area contributed by atoms with Crippen molar-refractivity contribution in [2.24, 2.45) is 0 Å². The first-order valence-corrected chi connectivity index (χ1v) is 5.48. The lowest BCUT2D eigenvalue weighted by atomic mass is 9.90. The quantitative estimate of drug-likeness (QED) is 0.771. The molecule has 0 radical (unpaired) electrons. The molecule has 84 valence electrons. The Kier molecular flexibility index (Phi) is 2.77. The van der Waals surface area contributed by atoms with Crippen LogP contribution in [0.15, 0.2) is 36.8 Å². The molecule has 2 aromatic heterocycles. The van der Waals surface area contributed by atoms with Crippen LogP contribution in [0.2, 0.25) is 0 Å². The van der Waals surface area contributed by atoms with E-state index in [4.69, 9.17) is 0 Å². The van der Waals surface area contributed by atoms with E-state index < -0.39 is 0 Å². The van der Waals surface area contributed by atoms with Crippen LogP contribution < -0.4 is 0 Å². The van der Waals surface area contributed by atoms with E-state index in [1.807, 2.05) is 35.3 Å². The lowest BCUT2D eigenvalue weighted by molar-refractivity contribution is 0.587. The van der Waals surface area contributed by atoms with Crippen LogP contribution in [0.5, 0.6) is 0 Å². The number of nitrogens with zero attached hydrogens (tertiary/aromatic N) is 3. The topological polar surface area (TPSA) is 30.7 Å². The Morgan fingerprint density at radius 3 is 2.62 bits per heavy atom. The maximum atomic E-state index is 4.35. The third-order valence-electron chi connectivity index (χ3n) is 2.55. The minimum Gasteiger partial charge on any atom is -0.266 e. The van der Waals surface area contributed by atoms with Crippen LogP contribution >= 0.6 is 0 Å². The fourth-order valence-corrected chi connectivity index (χ4v) is 1.49. The number of pyridine rings is 1. The third kappa shape index (κ3) is 2.48. The van der Waals surface area contributed by atoms with Gasteiger partial charge in [0.1, 0.15) is 0 Å². The van der Waals surface area contributed by atoms with Crippen molar-refractivity contribution in [2.45, 2.75) is 32.7 Å². The monoisotopic (exact) mass is 215 g/mol. The summed E-state index contributed by atoms with van der Waals surface area (Å²) in [5.41, 5.74) is 2.44. The Balaban J connectivity index is 2.15. The molecule has 2 aromatic rings. The highest BCUT2D eigenvalue weighted by atomic mass is 15.3. The van der Waals surface area contributed by atoms with E-state index in [1.165, 1.54) is 5.56 Å². The molecule has 0 amide bonds. The van der Waals surface area contributed by atoms with Gasteiger partial charge >= 0.3 is 0 Å². The highest BCUT2D eigenvalue weighted by Crippen LogP contribution is 2.21. The molecule has 3 nitrogen and oxygen atoms in total. The second-order valence-electron chi connectivity index (χ2n) is 5.00. The zero-order valence-electron chi connectivity index (χ0n) is 10.0. The molecule has 2 heterocycles. The van der Waals surface area contributed by atoms with Crippen molar-refractivity contribution in [3.8, 4) is 0 Å². The van der Waals surface area contributed by atoms with Crippen LogP contribution in [0.3, 0.4) is 0 Å². The summed E-state index contributed by atoms with van der Waals surface area (Å²) in [7, 11) is 0. The van der Waals surface area contributed by atoms with Gasteiger partial charge in [-0.1, -0.05) is 26.8 Å². The number of hydrogen-bond acceptors (Lipinski definition) is 2.